The maximum atomic E-state index is 12.2. The molecule has 0 spiro atoms. The molecule has 0 saturated heterocycles. The number of aromatic nitrogens is 3. The third-order valence-electron chi connectivity index (χ3n) is 3.34. The second-order valence-corrected chi connectivity index (χ2v) is 7.46. The smallest absolute Gasteiger partial charge is 0.277 e. The van der Waals surface area contributed by atoms with E-state index in [1.165, 1.54) is 16.8 Å². The third kappa shape index (κ3) is 2.82. The summed E-state index contributed by atoms with van der Waals surface area (Å²) in [7, 11) is -1.86. The summed E-state index contributed by atoms with van der Waals surface area (Å²) >= 11 is 5.98. The number of para-hydroxylation sites is 1. The Bertz CT molecular complexity index is 1070. The number of hydrogen-bond donors (Lipinski definition) is 2. The lowest BCUT2D eigenvalue weighted by Gasteiger charge is -2.11. The van der Waals surface area contributed by atoms with Crippen molar-refractivity contribution in [2.24, 2.45) is 7.05 Å². The largest absolute Gasteiger partial charge is 0.354 e. The van der Waals surface area contributed by atoms with Crippen molar-refractivity contribution in [3.05, 3.63) is 45.8 Å². The fraction of sp³-hybridized carbons (Fsp3) is 0.143. The maximum Gasteiger partial charge on any atom is 0.277 e. The molecule has 1 aromatic carbocycles. The molecular formula is C14H13ClN4O3S. The van der Waals surface area contributed by atoms with Gasteiger partial charge in [0.05, 0.1) is 16.3 Å². The summed E-state index contributed by atoms with van der Waals surface area (Å²) < 4.78 is 25.1. The molecule has 9 heteroatoms. The number of pyridine rings is 1. The van der Waals surface area contributed by atoms with Crippen LogP contribution in [-0.4, -0.2) is 29.4 Å². The summed E-state index contributed by atoms with van der Waals surface area (Å²) in [6.07, 6.45) is 1.12. The van der Waals surface area contributed by atoms with Crippen LogP contribution >= 0.6 is 11.6 Å². The average Bonchev–Trinajstić information content (AvgIpc) is 2.73. The van der Waals surface area contributed by atoms with Crippen molar-refractivity contribution in [3.8, 4) is 0 Å². The van der Waals surface area contributed by atoms with Gasteiger partial charge in [0.25, 0.3) is 5.56 Å². The second kappa shape index (κ2) is 5.39. The van der Waals surface area contributed by atoms with Gasteiger partial charge in [-0.3, -0.25) is 14.6 Å². The average molecular weight is 353 g/mol. The summed E-state index contributed by atoms with van der Waals surface area (Å²) in [5.41, 5.74) is 0.785. The molecule has 0 unspecified atom stereocenters. The van der Waals surface area contributed by atoms with Crippen molar-refractivity contribution in [3.63, 3.8) is 0 Å². The number of H-pyrrole nitrogens is 1. The van der Waals surface area contributed by atoms with Crippen LogP contribution in [0.3, 0.4) is 0 Å². The Labute approximate surface area is 136 Å². The highest BCUT2D eigenvalue weighted by molar-refractivity contribution is 7.90. The minimum absolute atomic E-state index is 0.133. The van der Waals surface area contributed by atoms with Crippen LogP contribution in [0.4, 0.5) is 11.4 Å². The van der Waals surface area contributed by atoms with Gasteiger partial charge in [-0.15, -0.1) is 0 Å². The van der Waals surface area contributed by atoms with Crippen molar-refractivity contribution >= 4 is 43.8 Å². The number of nitrogens with one attached hydrogen (secondary N) is 2. The lowest BCUT2D eigenvalue weighted by Crippen LogP contribution is -2.12. The Morgan fingerprint density at radius 1 is 1.26 bits per heavy atom. The van der Waals surface area contributed by atoms with Crippen LogP contribution in [0, 0.1) is 0 Å². The molecule has 3 aromatic rings. The number of nitrogens with zero attached hydrogens (tertiary/aromatic N) is 2. The molecule has 2 aromatic heterocycles. The zero-order valence-corrected chi connectivity index (χ0v) is 13.9. The predicted octanol–water partition coefficient (Wildman–Crippen LogP) is 2.06. The number of benzene rings is 1. The normalized spacial score (nSPS) is 11.8. The molecule has 0 radical (unpaired) electrons. The number of hydrogen-bond acceptors (Lipinski definition) is 5. The van der Waals surface area contributed by atoms with Gasteiger partial charge in [-0.2, -0.15) is 0 Å². The first-order valence-electron chi connectivity index (χ1n) is 6.59. The summed E-state index contributed by atoms with van der Waals surface area (Å²) in [5, 5.41) is 6.25. The molecule has 0 amide bonds. The van der Waals surface area contributed by atoms with E-state index in [0.717, 1.165) is 6.26 Å². The Morgan fingerprint density at radius 3 is 2.65 bits per heavy atom. The highest BCUT2D eigenvalue weighted by atomic mass is 35.5. The van der Waals surface area contributed by atoms with Crippen LogP contribution in [0.1, 0.15) is 0 Å². The number of sulfone groups is 1. The van der Waals surface area contributed by atoms with Gasteiger partial charge in [0.15, 0.2) is 15.5 Å². The van der Waals surface area contributed by atoms with Crippen molar-refractivity contribution in [1.29, 1.82) is 0 Å². The molecular weight excluding hydrogens is 340 g/mol. The SMILES string of the molecule is Cn1[nH]c2nc(Cl)cc(Nc3ccccc3S(C)(=O)=O)c2c1=O. The van der Waals surface area contributed by atoms with Crippen LogP contribution in [0.5, 0.6) is 0 Å². The van der Waals surface area contributed by atoms with Crippen LogP contribution < -0.4 is 10.9 Å². The minimum atomic E-state index is -3.42. The summed E-state index contributed by atoms with van der Waals surface area (Å²) in [5.74, 6) is 0. The Balaban J connectivity index is 2.23. The van der Waals surface area contributed by atoms with Crippen molar-refractivity contribution in [1.82, 2.24) is 14.8 Å². The standard InChI is InChI=1S/C14H13ClN4O3S/c1-19-14(20)12-9(7-11(15)17-13(12)18-19)16-8-5-3-4-6-10(8)23(2,21)22/h3-7H,1-2H3,(H2,16,17,18). The molecule has 3 rings (SSSR count). The summed E-state index contributed by atoms with van der Waals surface area (Å²) in [6.45, 7) is 0. The van der Waals surface area contributed by atoms with Gasteiger partial charge < -0.3 is 5.32 Å². The summed E-state index contributed by atoms with van der Waals surface area (Å²) in [4.78, 5) is 16.4. The van der Waals surface area contributed by atoms with Gasteiger partial charge in [0.2, 0.25) is 0 Å². The minimum Gasteiger partial charge on any atom is -0.354 e. The van der Waals surface area contributed by atoms with E-state index in [1.54, 1.807) is 25.2 Å². The Kier molecular flexibility index (Phi) is 3.65. The molecule has 0 saturated carbocycles. The van der Waals surface area contributed by atoms with E-state index in [1.807, 2.05) is 0 Å². The summed E-state index contributed by atoms with van der Waals surface area (Å²) in [6, 6.07) is 7.93. The fourth-order valence-corrected chi connectivity index (χ4v) is 3.36. The van der Waals surface area contributed by atoms with Gasteiger partial charge in [0, 0.05) is 13.3 Å². The van der Waals surface area contributed by atoms with Gasteiger partial charge in [0.1, 0.15) is 10.5 Å². The number of anilines is 2. The first-order valence-corrected chi connectivity index (χ1v) is 8.85. The van der Waals surface area contributed by atoms with E-state index in [2.05, 4.69) is 15.4 Å². The molecule has 2 N–H and O–H groups in total. The van der Waals surface area contributed by atoms with Gasteiger partial charge >= 0.3 is 0 Å². The van der Waals surface area contributed by atoms with Crippen molar-refractivity contribution < 1.29 is 8.42 Å². The number of halogens is 1. The zero-order valence-electron chi connectivity index (χ0n) is 12.3. The zero-order chi connectivity index (χ0) is 16.8. The topological polar surface area (TPSA) is 96.8 Å². The van der Waals surface area contributed by atoms with Gasteiger partial charge in [-0.25, -0.2) is 13.4 Å². The molecule has 120 valence electrons. The number of rotatable bonds is 3. The van der Waals surface area contributed by atoms with Crippen LogP contribution in [0.15, 0.2) is 40.0 Å². The molecule has 2 heterocycles. The molecule has 0 aliphatic carbocycles. The Morgan fingerprint density at radius 2 is 1.96 bits per heavy atom. The Hall–Kier alpha value is -2.32. The molecule has 0 bridgehead atoms. The fourth-order valence-electron chi connectivity index (χ4n) is 2.33. The van der Waals surface area contributed by atoms with Crippen molar-refractivity contribution in [2.45, 2.75) is 4.90 Å². The first kappa shape index (κ1) is 15.6. The monoisotopic (exact) mass is 352 g/mol. The first-order chi connectivity index (χ1) is 10.8. The molecule has 7 nitrogen and oxygen atoms in total. The maximum absolute atomic E-state index is 12.2. The lowest BCUT2D eigenvalue weighted by atomic mass is 10.2. The number of aryl methyl sites for hydroxylation is 1. The van der Waals surface area contributed by atoms with E-state index in [0.29, 0.717) is 22.4 Å². The van der Waals surface area contributed by atoms with E-state index in [9.17, 15) is 13.2 Å². The molecule has 0 aliphatic heterocycles. The molecule has 0 aliphatic rings. The quantitative estimate of drug-likeness (QED) is 0.703. The van der Waals surface area contributed by atoms with Crippen LogP contribution in [-0.2, 0) is 16.9 Å². The lowest BCUT2D eigenvalue weighted by molar-refractivity contribution is 0.602. The molecule has 23 heavy (non-hydrogen) atoms. The number of aromatic amines is 1. The molecule has 0 fully saturated rings. The van der Waals surface area contributed by atoms with Crippen LogP contribution in [0.2, 0.25) is 5.15 Å². The highest BCUT2D eigenvalue weighted by Crippen LogP contribution is 2.29. The van der Waals surface area contributed by atoms with Gasteiger partial charge in [-0.1, -0.05) is 23.7 Å². The third-order valence-corrected chi connectivity index (χ3v) is 4.68. The molecule has 0 atom stereocenters. The van der Waals surface area contributed by atoms with Gasteiger partial charge in [-0.05, 0) is 18.2 Å². The van der Waals surface area contributed by atoms with E-state index in [4.69, 9.17) is 11.6 Å². The number of fused-ring (bicyclic) bond motifs is 1. The van der Waals surface area contributed by atoms with Crippen molar-refractivity contribution in [2.75, 3.05) is 11.6 Å². The second-order valence-electron chi connectivity index (χ2n) is 5.09. The highest BCUT2D eigenvalue weighted by Gasteiger charge is 2.16. The van der Waals surface area contributed by atoms with Crippen LogP contribution in [0.25, 0.3) is 11.0 Å². The van der Waals surface area contributed by atoms with E-state index in [-0.39, 0.29) is 15.6 Å². The van der Waals surface area contributed by atoms with E-state index < -0.39 is 9.84 Å². The predicted molar refractivity (Wildman–Crippen MR) is 89.2 cm³/mol. The van der Waals surface area contributed by atoms with E-state index >= 15 is 0 Å².